The van der Waals surface area contributed by atoms with Crippen molar-refractivity contribution in [2.45, 2.75) is 18.9 Å². The van der Waals surface area contributed by atoms with Gasteiger partial charge in [0.05, 0.1) is 23.7 Å². The first kappa shape index (κ1) is 16.7. The Bertz CT molecular complexity index is 917. The van der Waals surface area contributed by atoms with Gasteiger partial charge in [-0.05, 0) is 31.0 Å². The van der Waals surface area contributed by atoms with E-state index >= 15 is 0 Å². The lowest BCUT2D eigenvalue weighted by Crippen LogP contribution is -2.35. The smallest absolute Gasteiger partial charge is 0.315 e. The highest BCUT2D eigenvalue weighted by Crippen LogP contribution is 2.45. The Morgan fingerprint density at radius 1 is 1.19 bits per heavy atom. The number of benzene rings is 1. The van der Waals surface area contributed by atoms with Crippen LogP contribution in [0.5, 0.6) is 5.75 Å². The predicted molar refractivity (Wildman–Crippen MR) is 104 cm³/mol. The number of likely N-dealkylation sites (tertiary alicyclic amines) is 1. The molecular formula is C20H21N3O2S. The van der Waals surface area contributed by atoms with Gasteiger partial charge in [-0.15, -0.1) is 11.3 Å². The van der Waals surface area contributed by atoms with E-state index in [2.05, 4.69) is 16.0 Å². The third kappa shape index (κ3) is 2.76. The predicted octanol–water partition coefficient (Wildman–Crippen LogP) is 4.43. The van der Waals surface area contributed by atoms with E-state index in [-0.39, 0.29) is 12.1 Å². The number of nitrogens with two attached hydrogens (primary N) is 1. The van der Waals surface area contributed by atoms with Crippen LogP contribution >= 0.6 is 11.3 Å². The van der Waals surface area contributed by atoms with Crippen molar-refractivity contribution in [3.63, 3.8) is 0 Å². The number of rotatable bonds is 4. The summed E-state index contributed by atoms with van der Waals surface area (Å²) in [5.41, 5.74) is 8.87. The second-order valence-electron chi connectivity index (χ2n) is 6.34. The second-order valence-corrected chi connectivity index (χ2v) is 7.25. The SMILES string of the molecule is COc1ccccc1-c1csc(C2CCCN2C(N)=O)c1-n1cccc1. The number of carbonyl (C=O) groups is 1. The third-order valence-electron chi connectivity index (χ3n) is 4.89. The van der Waals surface area contributed by atoms with Gasteiger partial charge in [0.25, 0.3) is 0 Å². The van der Waals surface area contributed by atoms with Crippen LogP contribution in [0, 0.1) is 0 Å². The fraction of sp³-hybridized carbons (Fsp3) is 0.250. The molecule has 134 valence electrons. The van der Waals surface area contributed by atoms with Crippen LogP contribution in [-0.4, -0.2) is 29.2 Å². The van der Waals surface area contributed by atoms with E-state index in [4.69, 9.17) is 10.5 Å². The number of ether oxygens (including phenoxy) is 1. The van der Waals surface area contributed by atoms with Gasteiger partial charge in [0, 0.05) is 35.4 Å². The summed E-state index contributed by atoms with van der Waals surface area (Å²) in [5, 5.41) is 2.15. The number of primary amides is 1. The minimum atomic E-state index is -0.349. The molecule has 2 aromatic heterocycles. The normalized spacial score (nSPS) is 16.8. The molecular weight excluding hydrogens is 346 g/mol. The molecule has 1 fully saturated rings. The van der Waals surface area contributed by atoms with Crippen molar-refractivity contribution in [2.24, 2.45) is 5.73 Å². The fourth-order valence-corrected chi connectivity index (χ4v) is 4.93. The molecule has 5 nitrogen and oxygen atoms in total. The van der Waals surface area contributed by atoms with E-state index in [1.807, 2.05) is 42.7 Å². The molecule has 3 aromatic rings. The first-order chi connectivity index (χ1) is 12.7. The Morgan fingerprint density at radius 2 is 1.96 bits per heavy atom. The zero-order valence-electron chi connectivity index (χ0n) is 14.6. The molecule has 1 atom stereocenters. The minimum Gasteiger partial charge on any atom is -0.496 e. The summed E-state index contributed by atoms with van der Waals surface area (Å²) in [7, 11) is 1.69. The number of hydrogen-bond acceptors (Lipinski definition) is 3. The van der Waals surface area contributed by atoms with Gasteiger partial charge in [-0.25, -0.2) is 4.79 Å². The first-order valence-corrected chi connectivity index (χ1v) is 9.53. The van der Waals surface area contributed by atoms with Crippen LogP contribution < -0.4 is 10.5 Å². The average Bonchev–Trinajstić information content (AvgIpc) is 3.39. The highest BCUT2D eigenvalue weighted by atomic mass is 32.1. The van der Waals surface area contributed by atoms with Crippen molar-refractivity contribution in [3.8, 4) is 22.6 Å². The van der Waals surface area contributed by atoms with Crippen molar-refractivity contribution in [1.29, 1.82) is 0 Å². The van der Waals surface area contributed by atoms with Gasteiger partial charge < -0.3 is 19.9 Å². The van der Waals surface area contributed by atoms with E-state index in [1.165, 1.54) is 4.88 Å². The largest absolute Gasteiger partial charge is 0.496 e. The van der Waals surface area contributed by atoms with E-state index in [1.54, 1.807) is 23.3 Å². The molecule has 1 aliphatic heterocycles. The quantitative estimate of drug-likeness (QED) is 0.741. The summed E-state index contributed by atoms with van der Waals surface area (Å²) in [6, 6.07) is 11.7. The molecule has 3 heterocycles. The lowest BCUT2D eigenvalue weighted by Gasteiger charge is -2.23. The summed E-state index contributed by atoms with van der Waals surface area (Å²) in [5.74, 6) is 0.837. The van der Waals surface area contributed by atoms with Crippen LogP contribution in [0.15, 0.2) is 54.2 Å². The zero-order valence-corrected chi connectivity index (χ0v) is 15.4. The molecule has 6 heteroatoms. The lowest BCUT2D eigenvalue weighted by molar-refractivity contribution is 0.203. The highest BCUT2D eigenvalue weighted by Gasteiger charge is 2.33. The van der Waals surface area contributed by atoms with Crippen LogP contribution in [0.2, 0.25) is 0 Å². The molecule has 0 radical (unpaired) electrons. The van der Waals surface area contributed by atoms with Crippen molar-refractivity contribution in [1.82, 2.24) is 9.47 Å². The van der Waals surface area contributed by atoms with Crippen LogP contribution in [-0.2, 0) is 0 Å². The summed E-state index contributed by atoms with van der Waals surface area (Å²) in [4.78, 5) is 14.8. The van der Waals surface area contributed by atoms with Gasteiger partial charge in [-0.2, -0.15) is 0 Å². The molecule has 1 aliphatic rings. The number of thiophene rings is 1. The van der Waals surface area contributed by atoms with Gasteiger partial charge in [0.1, 0.15) is 5.75 Å². The van der Waals surface area contributed by atoms with Crippen LogP contribution in [0.4, 0.5) is 4.79 Å². The van der Waals surface area contributed by atoms with Crippen molar-refractivity contribution in [3.05, 3.63) is 59.0 Å². The van der Waals surface area contributed by atoms with Crippen molar-refractivity contribution in [2.75, 3.05) is 13.7 Å². The summed E-state index contributed by atoms with van der Waals surface area (Å²) in [6.45, 7) is 0.715. The van der Waals surface area contributed by atoms with Crippen molar-refractivity contribution >= 4 is 17.4 Å². The Labute approximate surface area is 156 Å². The molecule has 0 aliphatic carbocycles. The first-order valence-electron chi connectivity index (χ1n) is 8.65. The maximum atomic E-state index is 11.9. The summed E-state index contributed by atoms with van der Waals surface area (Å²) in [6.07, 6.45) is 5.98. The number of para-hydroxylation sites is 1. The monoisotopic (exact) mass is 367 g/mol. The molecule has 0 saturated carbocycles. The van der Waals surface area contributed by atoms with Gasteiger partial charge in [-0.3, -0.25) is 0 Å². The lowest BCUT2D eigenvalue weighted by atomic mass is 10.0. The topological polar surface area (TPSA) is 60.5 Å². The number of nitrogens with zero attached hydrogens (tertiary/aromatic N) is 2. The molecule has 1 saturated heterocycles. The van der Waals surface area contributed by atoms with E-state index in [9.17, 15) is 4.79 Å². The van der Waals surface area contributed by atoms with Crippen LogP contribution in [0.3, 0.4) is 0 Å². The average molecular weight is 367 g/mol. The number of methoxy groups -OCH3 is 1. The molecule has 0 spiro atoms. The molecule has 0 bridgehead atoms. The molecule has 4 rings (SSSR count). The molecule has 2 N–H and O–H groups in total. The number of carbonyl (C=O) groups excluding carboxylic acids is 1. The molecule has 1 aromatic carbocycles. The number of urea groups is 1. The van der Waals surface area contributed by atoms with Crippen LogP contribution in [0.25, 0.3) is 16.8 Å². The Kier molecular flexibility index (Phi) is 4.42. The van der Waals surface area contributed by atoms with E-state index < -0.39 is 0 Å². The Morgan fingerprint density at radius 3 is 2.69 bits per heavy atom. The Balaban J connectivity index is 1.89. The highest BCUT2D eigenvalue weighted by molar-refractivity contribution is 7.11. The number of aromatic nitrogens is 1. The molecule has 26 heavy (non-hydrogen) atoms. The molecule has 2 amide bonds. The van der Waals surface area contributed by atoms with Gasteiger partial charge in [0.2, 0.25) is 0 Å². The van der Waals surface area contributed by atoms with Crippen molar-refractivity contribution < 1.29 is 9.53 Å². The fourth-order valence-electron chi connectivity index (χ4n) is 3.71. The maximum Gasteiger partial charge on any atom is 0.315 e. The van der Waals surface area contributed by atoms with Crippen LogP contribution in [0.1, 0.15) is 23.8 Å². The number of amides is 2. The van der Waals surface area contributed by atoms with Gasteiger partial charge in [0.15, 0.2) is 0 Å². The van der Waals surface area contributed by atoms with E-state index in [0.717, 1.165) is 35.4 Å². The Hall–Kier alpha value is -2.73. The van der Waals surface area contributed by atoms with Gasteiger partial charge in [-0.1, -0.05) is 18.2 Å². The second kappa shape index (κ2) is 6.88. The summed E-state index contributed by atoms with van der Waals surface area (Å²) < 4.78 is 7.69. The minimum absolute atomic E-state index is 0.0263. The standard InChI is InChI=1S/C20H21N3O2S/c1-25-17-9-3-2-7-14(17)15-13-26-19(18(15)22-10-4-5-11-22)16-8-6-12-23(16)20(21)24/h2-5,7,9-11,13,16H,6,8,12H2,1H3,(H2,21,24). The number of hydrogen-bond donors (Lipinski definition) is 1. The third-order valence-corrected chi connectivity index (χ3v) is 5.96. The zero-order chi connectivity index (χ0) is 18.1. The van der Waals surface area contributed by atoms with E-state index in [0.29, 0.717) is 6.54 Å². The van der Waals surface area contributed by atoms with Gasteiger partial charge >= 0.3 is 6.03 Å². The summed E-state index contributed by atoms with van der Waals surface area (Å²) >= 11 is 1.68. The molecule has 1 unspecified atom stereocenters. The maximum absolute atomic E-state index is 11.9.